The van der Waals surface area contributed by atoms with Crippen LogP contribution < -0.4 is 16.4 Å². The molecule has 6 N–H and O–H groups in total. The van der Waals surface area contributed by atoms with Gasteiger partial charge >= 0.3 is 11.9 Å². The zero-order chi connectivity index (χ0) is 28.3. The maximum absolute atomic E-state index is 12.9. The van der Waals surface area contributed by atoms with Gasteiger partial charge in [-0.3, -0.25) is 29.1 Å². The van der Waals surface area contributed by atoms with Crippen molar-refractivity contribution >= 4 is 59.1 Å². The standard InChI is InChI=1S/C22H26N8O7S2/c1-28-10-29(27-26-28)39-9-12-8-38-20-17(19(33)30(20)18(12)22(36)37)25-15(31)6-11-2-4-13(5-3-11)24-16(32)7-14(23)21(34)35/h2-5,14,17,20H,6-10,23H2,1H3,(H,24,32)(H,25,31)(H,34,35)(H,36,37)/t14-,17-,20-/m1/s1. The average molecular weight is 579 g/mol. The molecule has 0 bridgehead atoms. The van der Waals surface area contributed by atoms with Gasteiger partial charge in [-0.2, -0.15) is 4.41 Å². The van der Waals surface area contributed by atoms with Crippen molar-refractivity contribution in [2.75, 3.05) is 30.5 Å². The Kier molecular flexibility index (Phi) is 8.61. The number of anilines is 1. The summed E-state index contributed by atoms with van der Waals surface area (Å²) in [5.41, 5.74) is 6.90. The van der Waals surface area contributed by atoms with E-state index in [4.69, 9.17) is 10.8 Å². The highest BCUT2D eigenvalue weighted by molar-refractivity contribution is 8.00. The van der Waals surface area contributed by atoms with Crippen molar-refractivity contribution in [3.63, 3.8) is 0 Å². The van der Waals surface area contributed by atoms with E-state index in [0.717, 1.165) is 0 Å². The zero-order valence-corrected chi connectivity index (χ0v) is 22.3. The van der Waals surface area contributed by atoms with Crippen LogP contribution in [0.2, 0.25) is 0 Å². The van der Waals surface area contributed by atoms with Gasteiger partial charge in [0, 0.05) is 24.2 Å². The molecule has 17 heteroatoms. The number of fused-ring (bicyclic) bond motifs is 1. The summed E-state index contributed by atoms with van der Waals surface area (Å²) >= 11 is 2.69. The largest absolute Gasteiger partial charge is 0.480 e. The van der Waals surface area contributed by atoms with Gasteiger partial charge in [0.05, 0.1) is 12.8 Å². The quantitative estimate of drug-likeness (QED) is 0.171. The van der Waals surface area contributed by atoms with Crippen molar-refractivity contribution in [1.29, 1.82) is 0 Å². The van der Waals surface area contributed by atoms with E-state index in [0.29, 0.717) is 35.0 Å². The van der Waals surface area contributed by atoms with E-state index in [9.17, 15) is 29.1 Å². The lowest BCUT2D eigenvalue weighted by Gasteiger charge is -2.49. The van der Waals surface area contributed by atoms with Crippen LogP contribution in [-0.2, 0) is 30.4 Å². The minimum Gasteiger partial charge on any atom is -0.480 e. The van der Waals surface area contributed by atoms with E-state index in [1.54, 1.807) is 40.7 Å². The minimum absolute atomic E-state index is 0.0400. The van der Waals surface area contributed by atoms with Crippen LogP contribution in [0.1, 0.15) is 12.0 Å². The number of β-lactam (4-membered cyclic amide) rings is 1. The molecule has 0 unspecified atom stereocenters. The third-order valence-corrected chi connectivity index (χ3v) is 8.20. The van der Waals surface area contributed by atoms with E-state index < -0.39 is 47.1 Å². The Morgan fingerprint density at radius 3 is 2.51 bits per heavy atom. The third kappa shape index (κ3) is 6.61. The fourth-order valence-electron chi connectivity index (χ4n) is 3.97. The van der Waals surface area contributed by atoms with Gasteiger partial charge < -0.3 is 26.6 Å². The highest BCUT2D eigenvalue weighted by Crippen LogP contribution is 2.41. The van der Waals surface area contributed by atoms with Crippen LogP contribution in [0.5, 0.6) is 0 Å². The van der Waals surface area contributed by atoms with E-state index in [2.05, 4.69) is 21.1 Å². The van der Waals surface area contributed by atoms with Crippen molar-refractivity contribution in [3.05, 3.63) is 41.1 Å². The number of hydrogen-bond donors (Lipinski definition) is 5. The Bertz CT molecular complexity index is 1240. The smallest absolute Gasteiger partial charge is 0.352 e. The number of thioether (sulfide) groups is 1. The van der Waals surface area contributed by atoms with Crippen LogP contribution in [-0.4, -0.2) is 96.9 Å². The fraction of sp³-hybridized carbons (Fsp3) is 0.409. The van der Waals surface area contributed by atoms with Crippen molar-refractivity contribution in [2.24, 2.45) is 16.2 Å². The number of carbonyl (C=O) groups is 5. The second-order valence-corrected chi connectivity index (χ2v) is 11.0. The van der Waals surface area contributed by atoms with Crippen LogP contribution in [0, 0.1) is 0 Å². The second kappa shape index (κ2) is 11.9. The van der Waals surface area contributed by atoms with Crippen molar-refractivity contribution in [3.8, 4) is 0 Å². The molecule has 0 spiro atoms. The maximum atomic E-state index is 12.9. The normalized spacial score (nSPS) is 20.9. The van der Waals surface area contributed by atoms with Gasteiger partial charge in [0.25, 0.3) is 5.91 Å². The predicted octanol–water partition coefficient (Wildman–Crippen LogP) is -0.156. The molecule has 3 aliphatic rings. The van der Waals surface area contributed by atoms with E-state index in [1.807, 2.05) is 0 Å². The Balaban J connectivity index is 1.30. The van der Waals surface area contributed by atoms with Crippen LogP contribution in [0.3, 0.4) is 0 Å². The number of carboxylic acids is 2. The molecule has 1 aromatic carbocycles. The van der Waals surface area contributed by atoms with Gasteiger partial charge in [0.15, 0.2) is 0 Å². The van der Waals surface area contributed by atoms with Crippen molar-refractivity contribution < 1.29 is 34.2 Å². The van der Waals surface area contributed by atoms with Crippen LogP contribution >= 0.6 is 23.7 Å². The van der Waals surface area contributed by atoms with Gasteiger partial charge in [-0.25, -0.2) is 4.79 Å². The number of amides is 3. The number of nitrogens with two attached hydrogens (primary N) is 1. The predicted molar refractivity (Wildman–Crippen MR) is 140 cm³/mol. The summed E-state index contributed by atoms with van der Waals surface area (Å²) in [6.45, 7) is 0.464. The number of benzene rings is 1. The number of nitrogens with zero attached hydrogens (tertiary/aromatic N) is 5. The van der Waals surface area contributed by atoms with Gasteiger partial charge in [0.1, 0.15) is 29.8 Å². The molecular formula is C22H26N8O7S2. The lowest BCUT2D eigenvalue weighted by molar-refractivity contribution is -0.150. The first-order valence-electron chi connectivity index (χ1n) is 11.6. The Labute approximate surface area is 230 Å². The molecule has 39 heavy (non-hydrogen) atoms. The molecule has 0 aromatic heterocycles. The van der Waals surface area contributed by atoms with Crippen molar-refractivity contribution in [2.45, 2.75) is 30.3 Å². The molecule has 1 aromatic rings. The molecule has 208 valence electrons. The highest BCUT2D eigenvalue weighted by atomic mass is 32.2. The van der Waals surface area contributed by atoms with E-state index >= 15 is 0 Å². The van der Waals surface area contributed by atoms with Crippen molar-refractivity contribution in [1.82, 2.24) is 19.6 Å². The van der Waals surface area contributed by atoms with Crippen LogP contribution in [0.4, 0.5) is 5.69 Å². The SMILES string of the molecule is CN1CN(SCC2=C(C(=O)O)N3C(=O)[C@@H](NC(=O)Cc4ccc(NC(=O)C[C@@H](N)C(=O)O)cc4)[C@H]3SC2)N=N1. The molecular weight excluding hydrogens is 552 g/mol. The second-order valence-electron chi connectivity index (χ2n) is 8.89. The first-order valence-corrected chi connectivity index (χ1v) is 13.6. The van der Waals surface area contributed by atoms with E-state index in [-0.39, 0.29) is 18.5 Å². The van der Waals surface area contributed by atoms with Gasteiger partial charge in [-0.05, 0) is 40.4 Å². The van der Waals surface area contributed by atoms with Crippen LogP contribution in [0.25, 0.3) is 0 Å². The molecule has 3 heterocycles. The molecule has 15 nitrogen and oxygen atoms in total. The molecule has 0 saturated carbocycles. The number of rotatable bonds is 11. The van der Waals surface area contributed by atoms with Crippen LogP contribution in [0.15, 0.2) is 46.0 Å². The first-order chi connectivity index (χ1) is 18.5. The first kappa shape index (κ1) is 28.2. The Morgan fingerprint density at radius 2 is 1.90 bits per heavy atom. The number of carbonyl (C=O) groups excluding carboxylic acids is 3. The van der Waals surface area contributed by atoms with Gasteiger partial charge in [-0.1, -0.05) is 17.4 Å². The molecule has 3 aliphatic heterocycles. The average Bonchev–Trinajstić information content (AvgIpc) is 3.31. The summed E-state index contributed by atoms with van der Waals surface area (Å²) < 4.78 is 1.62. The summed E-state index contributed by atoms with van der Waals surface area (Å²) in [4.78, 5) is 61.4. The van der Waals surface area contributed by atoms with Gasteiger partial charge in [0.2, 0.25) is 11.8 Å². The summed E-state index contributed by atoms with van der Waals surface area (Å²) in [7, 11) is 1.76. The summed E-state index contributed by atoms with van der Waals surface area (Å²) in [5, 5.41) is 32.8. The minimum atomic E-state index is -1.31. The third-order valence-electron chi connectivity index (χ3n) is 5.90. The molecule has 1 saturated heterocycles. The topological polar surface area (TPSA) is 210 Å². The molecule has 3 atom stereocenters. The number of carboxylic acid groups (broad SMARTS) is 2. The lowest BCUT2D eigenvalue weighted by Crippen LogP contribution is -2.70. The molecule has 3 amide bonds. The van der Waals surface area contributed by atoms with Gasteiger partial charge in [-0.15, -0.1) is 11.8 Å². The van der Waals surface area contributed by atoms with E-state index in [1.165, 1.54) is 28.6 Å². The number of hydrogen-bond acceptors (Lipinski definition) is 12. The summed E-state index contributed by atoms with van der Waals surface area (Å²) in [6, 6.07) is 4.20. The summed E-state index contributed by atoms with van der Waals surface area (Å²) in [6.07, 6.45) is -0.423. The highest BCUT2D eigenvalue weighted by Gasteiger charge is 2.54. The Hall–Kier alpha value is -3.83. The molecule has 1 fully saturated rings. The zero-order valence-electron chi connectivity index (χ0n) is 20.6. The molecule has 0 radical (unpaired) electrons. The monoisotopic (exact) mass is 578 g/mol. The summed E-state index contributed by atoms with van der Waals surface area (Å²) in [5.74, 6) is -3.22. The number of nitrogens with one attached hydrogen (secondary N) is 2. The fourth-order valence-corrected chi connectivity index (χ4v) is 6.32. The Morgan fingerprint density at radius 1 is 1.18 bits per heavy atom. The molecule has 0 aliphatic carbocycles. The number of aliphatic carboxylic acids is 2. The lowest BCUT2D eigenvalue weighted by atomic mass is 10.0. The molecule has 4 rings (SSSR count). The maximum Gasteiger partial charge on any atom is 0.352 e.